The summed E-state index contributed by atoms with van der Waals surface area (Å²) in [4.78, 5) is 15.3. The van der Waals surface area contributed by atoms with E-state index in [1.807, 2.05) is 61.5 Å². The van der Waals surface area contributed by atoms with E-state index < -0.39 is 0 Å². The van der Waals surface area contributed by atoms with Crippen LogP contribution in [0.1, 0.15) is 22.8 Å². The van der Waals surface area contributed by atoms with Crippen LogP contribution in [0.25, 0.3) is 17.2 Å². The molecule has 4 aromatic rings. The molecule has 0 unspecified atom stereocenters. The molecule has 0 atom stereocenters. The molecule has 8 nitrogen and oxygen atoms in total. The van der Waals surface area contributed by atoms with Gasteiger partial charge < -0.3 is 9.42 Å². The first-order valence-corrected chi connectivity index (χ1v) is 8.31. The summed E-state index contributed by atoms with van der Waals surface area (Å²) in [5.41, 5.74) is 4.53. The van der Waals surface area contributed by atoms with Crippen molar-refractivity contribution in [1.82, 2.24) is 29.7 Å². The van der Waals surface area contributed by atoms with E-state index in [1.54, 1.807) is 6.20 Å². The molecule has 4 aromatic heterocycles. The van der Waals surface area contributed by atoms with Crippen molar-refractivity contribution < 1.29 is 4.52 Å². The van der Waals surface area contributed by atoms with Crippen molar-refractivity contribution in [2.24, 2.45) is 0 Å². The lowest BCUT2D eigenvalue weighted by Crippen LogP contribution is -2.20. The number of hydrogen-bond acceptors (Lipinski definition) is 7. The minimum absolute atomic E-state index is 0.455. The van der Waals surface area contributed by atoms with Crippen LogP contribution >= 0.6 is 0 Å². The van der Waals surface area contributed by atoms with E-state index in [2.05, 4.69) is 25.2 Å². The number of hydrogen-bond donors (Lipinski definition) is 0. The molecule has 0 aliphatic rings. The molecule has 0 radical (unpaired) electrons. The Labute approximate surface area is 150 Å². The molecule has 26 heavy (non-hydrogen) atoms. The normalized spacial score (nSPS) is 11.2. The predicted molar refractivity (Wildman–Crippen MR) is 96.8 cm³/mol. The molecule has 0 amide bonds. The Morgan fingerprint density at radius 1 is 1.15 bits per heavy atom. The fourth-order valence-electron chi connectivity index (χ4n) is 2.81. The highest BCUT2D eigenvalue weighted by Gasteiger charge is 2.17. The molecule has 0 aromatic carbocycles. The van der Waals surface area contributed by atoms with Crippen molar-refractivity contribution in [3.8, 4) is 11.5 Å². The number of fused-ring (bicyclic) bond motifs is 1. The summed E-state index contributed by atoms with van der Waals surface area (Å²) in [5, 5.41) is 8.63. The summed E-state index contributed by atoms with van der Waals surface area (Å²) in [6.07, 6.45) is 1.70. The zero-order chi connectivity index (χ0) is 18.3. The number of aromatic nitrogens is 6. The fourth-order valence-corrected chi connectivity index (χ4v) is 2.81. The predicted octanol–water partition coefficient (Wildman–Crippen LogP) is 2.74. The van der Waals surface area contributed by atoms with Gasteiger partial charge in [-0.1, -0.05) is 11.2 Å². The Hall–Kier alpha value is -3.29. The first kappa shape index (κ1) is 16.2. The highest BCUT2D eigenvalue weighted by atomic mass is 16.5. The third-order valence-electron chi connectivity index (χ3n) is 4.29. The number of nitrogens with zero attached hydrogens (tertiary/aromatic N) is 7. The van der Waals surface area contributed by atoms with Crippen LogP contribution in [-0.2, 0) is 6.54 Å². The van der Waals surface area contributed by atoms with Gasteiger partial charge in [-0.3, -0.25) is 4.98 Å². The van der Waals surface area contributed by atoms with Crippen molar-refractivity contribution in [1.29, 1.82) is 0 Å². The average molecular weight is 349 g/mol. The lowest BCUT2D eigenvalue weighted by molar-refractivity contribution is 0.378. The summed E-state index contributed by atoms with van der Waals surface area (Å²) in [6.45, 7) is 6.45. The standard InChI is InChI=1S/C18H19N7O/c1-11-9-16(25-18(20-11)12(2)13(3)22-25)24(4)10-15-21-17(23-26-15)14-7-5-6-8-19-14/h5-9H,10H2,1-4H3. The first-order chi connectivity index (χ1) is 12.5. The van der Waals surface area contributed by atoms with Crippen LogP contribution in [0.5, 0.6) is 0 Å². The Kier molecular flexibility index (Phi) is 3.87. The Morgan fingerprint density at radius 2 is 2.00 bits per heavy atom. The van der Waals surface area contributed by atoms with Gasteiger partial charge in [-0.15, -0.1) is 0 Å². The van der Waals surface area contributed by atoms with E-state index in [4.69, 9.17) is 4.52 Å². The summed E-state index contributed by atoms with van der Waals surface area (Å²) >= 11 is 0. The van der Waals surface area contributed by atoms with Crippen LogP contribution < -0.4 is 4.90 Å². The molecule has 0 saturated carbocycles. The van der Waals surface area contributed by atoms with Gasteiger partial charge in [0.05, 0.1) is 12.2 Å². The van der Waals surface area contributed by atoms with Gasteiger partial charge in [-0.25, -0.2) is 4.98 Å². The minimum atomic E-state index is 0.455. The minimum Gasteiger partial charge on any atom is -0.350 e. The molecule has 0 aliphatic heterocycles. The summed E-state index contributed by atoms with van der Waals surface area (Å²) in [5.74, 6) is 1.91. The zero-order valence-electron chi connectivity index (χ0n) is 15.1. The van der Waals surface area contributed by atoms with Crippen molar-refractivity contribution in [3.63, 3.8) is 0 Å². The van der Waals surface area contributed by atoms with Crippen LogP contribution in [0.15, 0.2) is 35.0 Å². The van der Waals surface area contributed by atoms with Crippen LogP contribution in [0.4, 0.5) is 5.82 Å². The van der Waals surface area contributed by atoms with Gasteiger partial charge in [0, 0.05) is 30.6 Å². The van der Waals surface area contributed by atoms with Gasteiger partial charge in [0.2, 0.25) is 11.7 Å². The number of anilines is 1. The molecule has 8 heteroatoms. The van der Waals surface area contributed by atoms with E-state index in [1.165, 1.54) is 0 Å². The maximum atomic E-state index is 5.39. The van der Waals surface area contributed by atoms with Crippen molar-refractivity contribution >= 4 is 11.5 Å². The van der Waals surface area contributed by atoms with Crippen LogP contribution in [0.2, 0.25) is 0 Å². The third-order valence-corrected chi connectivity index (χ3v) is 4.29. The molecule has 0 fully saturated rings. The van der Waals surface area contributed by atoms with Gasteiger partial charge in [-0.2, -0.15) is 14.6 Å². The van der Waals surface area contributed by atoms with Crippen molar-refractivity contribution in [2.75, 3.05) is 11.9 Å². The highest BCUT2D eigenvalue weighted by Crippen LogP contribution is 2.22. The molecule has 132 valence electrons. The van der Waals surface area contributed by atoms with Gasteiger partial charge in [-0.05, 0) is 32.9 Å². The largest absolute Gasteiger partial charge is 0.350 e. The number of rotatable bonds is 4. The molecular formula is C18H19N7O. The summed E-state index contributed by atoms with van der Waals surface area (Å²) < 4.78 is 7.25. The van der Waals surface area contributed by atoms with Gasteiger partial charge in [0.15, 0.2) is 5.65 Å². The van der Waals surface area contributed by atoms with Crippen LogP contribution in [-0.4, -0.2) is 36.8 Å². The monoisotopic (exact) mass is 349 g/mol. The van der Waals surface area contributed by atoms with Crippen molar-refractivity contribution in [3.05, 3.63) is 53.3 Å². The molecule has 0 N–H and O–H groups in total. The average Bonchev–Trinajstić information content (AvgIpc) is 3.21. The molecule has 0 spiro atoms. The van der Waals surface area contributed by atoms with E-state index >= 15 is 0 Å². The van der Waals surface area contributed by atoms with E-state index in [0.29, 0.717) is 24.0 Å². The maximum absolute atomic E-state index is 5.39. The topological polar surface area (TPSA) is 85.2 Å². The summed E-state index contributed by atoms with van der Waals surface area (Å²) in [6, 6.07) is 7.59. The third kappa shape index (κ3) is 2.79. The van der Waals surface area contributed by atoms with Crippen molar-refractivity contribution in [2.45, 2.75) is 27.3 Å². The second-order valence-corrected chi connectivity index (χ2v) is 6.28. The number of pyridine rings is 1. The molecule has 0 bridgehead atoms. The highest BCUT2D eigenvalue weighted by molar-refractivity contribution is 5.56. The van der Waals surface area contributed by atoms with Gasteiger partial charge in [0.25, 0.3) is 0 Å². The first-order valence-electron chi connectivity index (χ1n) is 8.31. The Balaban J connectivity index is 1.65. The molecule has 4 rings (SSSR count). The number of aryl methyl sites for hydroxylation is 3. The molecular weight excluding hydrogens is 330 g/mol. The Bertz CT molecular complexity index is 1070. The van der Waals surface area contributed by atoms with E-state index in [-0.39, 0.29) is 0 Å². The second kappa shape index (κ2) is 6.21. The molecule has 4 heterocycles. The van der Waals surface area contributed by atoms with E-state index in [0.717, 1.165) is 28.4 Å². The fraction of sp³-hybridized carbons (Fsp3) is 0.278. The van der Waals surface area contributed by atoms with Crippen LogP contribution in [0, 0.1) is 20.8 Å². The van der Waals surface area contributed by atoms with Gasteiger partial charge >= 0.3 is 0 Å². The smallest absolute Gasteiger partial charge is 0.246 e. The quantitative estimate of drug-likeness (QED) is 0.560. The van der Waals surface area contributed by atoms with E-state index in [9.17, 15) is 0 Å². The lowest BCUT2D eigenvalue weighted by atomic mass is 10.3. The molecule has 0 aliphatic carbocycles. The van der Waals surface area contributed by atoms with Crippen LogP contribution in [0.3, 0.4) is 0 Å². The lowest BCUT2D eigenvalue weighted by Gasteiger charge is -2.18. The van der Waals surface area contributed by atoms with Gasteiger partial charge in [0.1, 0.15) is 11.5 Å². The maximum Gasteiger partial charge on any atom is 0.246 e. The SMILES string of the molecule is Cc1cc(N(C)Cc2nc(-c3ccccn3)no2)n2nc(C)c(C)c2n1. The second-order valence-electron chi connectivity index (χ2n) is 6.28. The molecule has 0 saturated heterocycles. The zero-order valence-corrected chi connectivity index (χ0v) is 15.1. The summed E-state index contributed by atoms with van der Waals surface area (Å²) in [7, 11) is 1.96. The Morgan fingerprint density at radius 3 is 2.77 bits per heavy atom.